The van der Waals surface area contributed by atoms with Gasteiger partial charge in [-0.1, -0.05) is 81.2 Å². The molecule has 4 rings (SSSR count). The molecule has 3 saturated carbocycles. The molecule has 4 aliphatic carbocycles. The number of hydrogen-bond acceptors (Lipinski definition) is 1. The molecule has 1 nitrogen and oxygen atoms in total. The zero-order valence-electron chi connectivity index (χ0n) is 19.4. The summed E-state index contributed by atoms with van der Waals surface area (Å²) in [6.07, 6.45) is 17.2. The summed E-state index contributed by atoms with van der Waals surface area (Å²) < 4.78 is 1.27. The molecule has 29 heavy (non-hydrogen) atoms. The number of rotatable bonds is 6. The molecule has 0 spiro atoms. The van der Waals surface area contributed by atoms with Gasteiger partial charge in [-0.25, -0.2) is 0 Å². The van der Waals surface area contributed by atoms with Crippen LogP contribution in [0, 0.1) is 46.3 Å². The molecule has 0 aromatic heterocycles. The van der Waals surface area contributed by atoms with Gasteiger partial charge in [0.2, 0.25) is 0 Å². The molecule has 166 valence electrons. The monoisotopic (exact) mass is 516 g/mol. The molecule has 4 aliphatic rings. The van der Waals surface area contributed by atoms with E-state index in [2.05, 4.69) is 56.4 Å². The first-order chi connectivity index (χ1) is 13.8. The van der Waals surface area contributed by atoms with Crippen molar-refractivity contribution in [2.24, 2.45) is 46.3 Å². The third-order valence-corrected chi connectivity index (χ3v) is 11.6. The minimum absolute atomic E-state index is 0.0784. The molecule has 0 aromatic rings. The number of halogens is 1. The van der Waals surface area contributed by atoms with E-state index < -0.39 is 0 Å². The van der Waals surface area contributed by atoms with E-state index in [-0.39, 0.29) is 6.10 Å². The first kappa shape index (κ1) is 22.6. The molecule has 0 amide bonds. The van der Waals surface area contributed by atoms with E-state index in [0.717, 1.165) is 48.3 Å². The van der Waals surface area contributed by atoms with Crippen molar-refractivity contribution in [2.75, 3.05) is 4.43 Å². The lowest BCUT2D eigenvalue weighted by molar-refractivity contribution is -0.0548. The molecule has 1 N–H and O–H groups in total. The maximum atomic E-state index is 10.3. The summed E-state index contributed by atoms with van der Waals surface area (Å²) in [7, 11) is 0. The van der Waals surface area contributed by atoms with Gasteiger partial charge in [-0.2, -0.15) is 0 Å². The minimum Gasteiger partial charge on any atom is -0.393 e. The molecule has 0 aliphatic heterocycles. The highest BCUT2D eigenvalue weighted by Gasteiger charge is 2.59. The standard InChI is InChI=1S/C27H45IO/c1-18(2)6-5-7-19(3)23-10-11-24-22-9-8-20-16-21(29)12-15-27(20,17-28)25(22)13-14-26(23,24)4/h8,18-19,21-25,29H,5-7,9-17H2,1-4H3/t19-,21+,22+,23-,24+,25+,26?,27-/m1/s1/i28+4. The molecule has 0 heterocycles. The highest BCUT2D eigenvalue weighted by atomic mass is 131. The average Bonchev–Trinajstić information content (AvgIpc) is 3.04. The molecule has 0 bridgehead atoms. The topological polar surface area (TPSA) is 20.2 Å². The van der Waals surface area contributed by atoms with Crippen LogP contribution in [0.3, 0.4) is 0 Å². The van der Waals surface area contributed by atoms with Crippen molar-refractivity contribution in [1.29, 1.82) is 0 Å². The van der Waals surface area contributed by atoms with Gasteiger partial charge in [0, 0.05) is 9.84 Å². The van der Waals surface area contributed by atoms with Crippen LogP contribution in [0.5, 0.6) is 0 Å². The molecular weight excluding hydrogens is 471 g/mol. The molecule has 1 unspecified atom stereocenters. The van der Waals surface area contributed by atoms with Crippen LogP contribution >= 0.6 is 22.6 Å². The summed E-state index contributed by atoms with van der Waals surface area (Å²) >= 11 is 2.68. The van der Waals surface area contributed by atoms with Gasteiger partial charge < -0.3 is 5.11 Å². The summed E-state index contributed by atoms with van der Waals surface area (Å²) in [5.74, 6) is 5.46. The lowest BCUT2D eigenvalue weighted by atomic mass is 9.47. The molecule has 3 fully saturated rings. The second kappa shape index (κ2) is 8.75. The van der Waals surface area contributed by atoms with Crippen molar-refractivity contribution < 1.29 is 5.11 Å². The summed E-state index contributed by atoms with van der Waals surface area (Å²) in [6, 6.07) is 0. The van der Waals surface area contributed by atoms with Crippen molar-refractivity contribution in [2.45, 2.75) is 104 Å². The highest BCUT2D eigenvalue weighted by molar-refractivity contribution is 14.1. The maximum absolute atomic E-state index is 10.3. The average molecular weight is 517 g/mol. The van der Waals surface area contributed by atoms with Crippen LogP contribution in [-0.2, 0) is 0 Å². The lowest BCUT2D eigenvalue weighted by Gasteiger charge is -2.59. The van der Waals surface area contributed by atoms with Gasteiger partial charge in [0.1, 0.15) is 0 Å². The van der Waals surface area contributed by atoms with Crippen LogP contribution < -0.4 is 0 Å². The quantitative estimate of drug-likeness (QED) is 0.217. The first-order valence-electron chi connectivity index (χ1n) is 12.8. The zero-order valence-corrected chi connectivity index (χ0v) is 21.6. The Balaban J connectivity index is 1.51. The SMILES string of the molecule is CC(C)CCC[C@@H](C)[C@H]1CC[C@H]2[C@@H]3CC=C4C[C@@H](O)CC[C@]4(C[131I])[C@H]3CCC12C. The molecule has 8 atom stereocenters. The largest absolute Gasteiger partial charge is 0.393 e. The minimum atomic E-state index is -0.0784. The van der Waals surface area contributed by atoms with Gasteiger partial charge in [-0.05, 0) is 92.3 Å². The molecule has 0 aromatic carbocycles. The Labute approximate surface area is 194 Å². The van der Waals surface area contributed by atoms with Crippen LogP contribution in [0.1, 0.15) is 98.3 Å². The number of fused-ring (bicyclic) bond motifs is 5. The van der Waals surface area contributed by atoms with E-state index in [1.165, 1.54) is 62.2 Å². The molecule has 0 radical (unpaired) electrons. The van der Waals surface area contributed by atoms with E-state index in [9.17, 15) is 5.11 Å². The Kier molecular flexibility index (Phi) is 6.83. The molecular formula is C27H45IO. The van der Waals surface area contributed by atoms with E-state index >= 15 is 0 Å². The van der Waals surface area contributed by atoms with E-state index in [1.54, 1.807) is 5.57 Å². The van der Waals surface area contributed by atoms with E-state index in [4.69, 9.17) is 0 Å². The third-order valence-electron chi connectivity index (χ3n) is 10.2. The van der Waals surface area contributed by atoms with Gasteiger partial charge in [-0.15, -0.1) is 0 Å². The summed E-state index contributed by atoms with van der Waals surface area (Å²) in [5.41, 5.74) is 2.65. The number of allylic oxidation sites excluding steroid dienone is 1. The van der Waals surface area contributed by atoms with Gasteiger partial charge in [0.15, 0.2) is 0 Å². The van der Waals surface area contributed by atoms with E-state index in [0.29, 0.717) is 10.8 Å². The summed E-state index contributed by atoms with van der Waals surface area (Å²) in [6.45, 7) is 10.0. The zero-order chi connectivity index (χ0) is 20.8. The normalized spacial score (nSPS) is 45.3. The number of aliphatic hydroxyl groups excluding tert-OH is 1. The van der Waals surface area contributed by atoms with Crippen LogP contribution in [-0.4, -0.2) is 15.6 Å². The predicted octanol–water partition coefficient (Wildman–Crippen LogP) is 7.80. The Hall–Kier alpha value is 0.430. The van der Waals surface area contributed by atoms with Crippen molar-refractivity contribution in [1.82, 2.24) is 0 Å². The predicted molar refractivity (Wildman–Crippen MR) is 132 cm³/mol. The van der Waals surface area contributed by atoms with Crippen molar-refractivity contribution in [3.8, 4) is 0 Å². The Morgan fingerprint density at radius 2 is 1.86 bits per heavy atom. The smallest absolute Gasteiger partial charge is 0.0577 e. The fourth-order valence-electron chi connectivity index (χ4n) is 8.71. The Morgan fingerprint density at radius 3 is 2.59 bits per heavy atom. The van der Waals surface area contributed by atoms with Crippen LogP contribution in [0.25, 0.3) is 0 Å². The second-order valence-corrected chi connectivity index (χ2v) is 12.8. The number of hydrogen-bond donors (Lipinski definition) is 1. The number of aliphatic hydroxyl groups is 1. The summed E-state index contributed by atoms with van der Waals surface area (Å²) in [5, 5.41) is 10.3. The summed E-state index contributed by atoms with van der Waals surface area (Å²) in [4.78, 5) is 0. The molecule has 0 saturated heterocycles. The highest BCUT2D eigenvalue weighted by Crippen LogP contribution is 2.67. The van der Waals surface area contributed by atoms with Crippen molar-refractivity contribution in [3.63, 3.8) is 0 Å². The third kappa shape index (κ3) is 3.89. The van der Waals surface area contributed by atoms with Gasteiger partial charge in [-0.3, -0.25) is 0 Å². The van der Waals surface area contributed by atoms with Crippen molar-refractivity contribution >= 4 is 22.6 Å². The lowest BCUT2D eigenvalue weighted by Crippen LogP contribution is -2.52. The van der Waals surface area contributed by atoms with Gasteiger partial charge in [0.25, 0.3) is 0 Å². The first-order valence-corrected chi connectivity index (χ1v) is 14.3. The van der Waals surface area contributed by atoms with Crippen LogP contribution in [0.4, 0.5) is 0 Å². The van der Waals surface area contributed by atoms with Gasteiger partial charge in [0.05, 0.1) is 6.10 Å². The molecule has 2 heteroatoms. The van der Waals surface area contributed by atoms with Crippen molar-refractivity contribution in [3.05, 3.63) is 11.6 Å². The Morgan fingerprint density at radius 1 is 1.07 bits per heavy atom. The maximum Gasteiger partial charge on any atom is 0.0577 e. The van der Waals surface area contributed by atoms with E-state index in [1.807, 2.05) is 0 Å². The Bertz CT molecular complexity index is 612. The second-order valence-electron chi connectivity index (χ2n) is 12.1. The van der Waals surface area contributed by atoms with Crippen LogP contribution in [0.15, 0.2) is 11.6 Å². The number of alkyl halides is 1. The fourth-order valence-corrected chi connectivity index (χ4v) is 10.1. The van der Waals surface area contributed by atoms with Crippen LogP contribution in [0.2, 0.25) is 0 Å². The van der Waals surface area contributed by atoms with Gasteiger partial charge >= 0.3 is 0 Å². The fraction of sp³-hybridized carbons (Fsp3) is 0.926.